The van der Waals surface area contributed by atoms with E-state index in [1.165, 1.54) is 30.3 Å². The second-order valence-corrected chi connectivity index (χ2v) is 9.32. The quantitative estimate of drug-likeness (QED) is 0.441. The molecule has 10 radical (unpaired) electrons. The van der Waals surface area contributed by atoms with Gasteiger partial charge in [0.2, 0.25) is 27.8 Å². The molecular formula is C22H13B5ClF2N3O4. The Kier molecular flexibility index (Phi) is 6.86. The van der Waals surface area contributed by atoms with Gasteiger partial charge in [-0.05, 0) is 29.3 Å². The fourth-order valence-corrected chi connectivity index (χ4v) is 4.47. The Bertz CT molecular complexity index is 1310. The molecule has 1 fully saturated rings. The number of hydrogen-bond acceptors (Lipinski definition) is 4. The zero-order valence-corrected chi connectivity index (χ0v) is 19.9. The summed E-state index contributed by atoms with van der Waals surface area (Å²) in [7, 11) is 29.2. The number of nitrogens with zero attached hydrogens (tertiary/aromatic N) is 3. The molecule has 2 heterocycles. The van der Waals surface area contributed by atoms with Gasteiger partial charge in [0.25, 0.3) is 11.8 Å². The van der Waals surface area contributed by atoms with Gasteiger partial charge in [0.15, 0.2) is 0 Å². The van der Waals surface area contributed by atoms with Crippen LogP contribution in [0.1, 0.15) is 39.4 Å². The van der Waals surface area contributed by atoms with Crippen molar-refractivity contribution in [3.63, 3.8) is 0 Å². The number of piperidine rings is 1. The first-order valence-electron chi connectivity index (χ1n) is 10.8. The summed E-state index contributed by atoms with van der Waals surface area (Å²) in [5.41, 5.74) is -0.00126. The van der Waals surface area contributed by atoms with Crippen molar-refractivity contribution in [2.75, 3.05) is 0 Å². The van der Waals surface area contributed by atoms with E-state index in [2.05, 4.69) is 0 Å². The Balaban J connectivity index is 1.57. The highest BCUT2D eigenvalue weighted by atomic mass is 35.5. The minimum Gasteiger partial charge on any atom is -0.393 e. The summed E-state index contributed by atoms with van der Waals surface area (Å²) >= 11 is 5.72. The fourth-order valence-electron chi connectivity index (χ4n) is 4.34. The molecule has 0 N–H and O–H groups in total. The van der Waals surface area contributed by atoms with Gasteiger partial charge in [0.05, 0.1) is 15.7 Å². The second kappa shape index (κ2) is 9.38. The van der Waals surface area contributed by atoms with E-state index in [0.29, 0.717) is 10.4 Å². The van der Waals surface area contributed by atoms with E-state index < -0.39 is 58.7 Å². The monoisotopic (exact) mass is 511 g/mol. The van der Waals surface area contributed by atoms with E-state index >= 15 is 0 Å². The third-order valence-corrected chi connectivity index (χ3v) is 6.58. The molecule has 2 aliphatic rings. The number of benzene rings is 2. The molecule has 2 unspecified atom stereocenters. The molecule has 7 nitrogen and oxygen atoms in total. The second-order valence-electron chi connectivity index (χ2n) is 8.88. The zero-order chi connectivity index (χ0) is 27.4. The number of rotatable bonds is 5. The third-order valence-electron chi connectivity index (χ3n) is 6.33. The van der Waals surface area contributed by atoms with Crippen molar-refractivity contribution in [1.82, 2.24) is 14.5 Å². The van der Waals surface area contributed by atoms with Crippen LogP contribution >= 0.6 is 11.6 Å². The van der Waals surface area contributed by atoms with E-state index in [1.807, 2.05) is 0 Å². The van der Waals surface area contributed by atoms with Crippen molar-refractivity contribution in [3.05, 3.63) is 69.7 Å². The van der Waals surface area contributed by atoms with Gasteiger partial charge in [-0.15, -0.1) is 0 Å². The number of imide groups is 1. The molecule has 0 aromatic heterocycles. The van der Waals surface area contributed by atoms with Crippen molar-refractivity contribution in [3.8, 4) is 0 Å². The molecule has 1 saturated heterocycles. The molecule has 15 heteroatoms. The molecule has 2 aliphatic heterocycles. The van der Waals surface area contributed by atoms with Crippen LogP contribution in [0, 0.1) is 0 Å². The minimum atomic E-state index is -4.00. The number of carbonyl (C=O) groups excluding carboxylic acids is 4. The summed E-state index contributed by atoms with van der Waals surface area (Å²) in [5.74, 6) is -9.66. The van der Waals surface area contributed by atoms with Crippen molar-refractivity contribution in [1.29, 1.82) is 0 Å². The largest absolute Gasteiger partial charge is 0.393 e. The summed E-state index contributed by atoms with van der Waals surface area (Å²) < 4.78 is 29.6. The van der Waals surface area contributed by atoms with Gasteiger partial charge in [-0.25, -0.2) is 0 Å². The van der Waals surface area contributed by atoms with E-state index in [1.54, 1.807) is 0 Å². The first-order valence-corrected chi connectivity index (χ1v) is 11.2. The normalized spacial score (nSPS) is 20.1. The Morgan fingerprint density at radius 3 is 2.38 bits per heavy atom. The summed E-state index contributed by atoms with van der Waals surface area (Å²) in [6.07, 6.45) is -0.484. The highest BCUT2D eigenvalue weighted by Gasteiger charge is 2.50. The van der Waals surface area contributed by atoms with Crippen LogP contribution in [0.3, 0.4) is 0 Å². The van der Waals surface area contributed by atoms with Crippen molar-refractivity contribution in [2.45, 2.75) is 36.1 Å². The van der Waals surface area contributed by atoms with Crippen molar-refractivity contribution < 1.29 is 28.0 Å². The molecule has 4 amide bonds. The zero-order valence-electron chi connectivity index (χ0n) is 19.1. The number of hydrogen-bond donors (Lipinski definition) is 0. The Morgan fingerprint density at radius 2 is 1.76 bits per heavy atom. The van der Waals surface area contributed by atoms with Crippen LogP contribution in [0.5, 0.6) is 0 Å². The van der Waals surface area contributed by atoms with Crippen LogP contribution in [-0.4, -0.2) is 83.7 Å². The number of alkyl halides is 2. The highest BCUT2D eigenvalue weighted by Crippen LogP contribution is 2.40. The Morgan fingerprint density at radius 1 is 1.14 bits per heavy atom. The van der Waals surface area contributed by atoms with Crippen LogP contribution in [0.25, 0.3) is 0 Å². The lowest BCUT2D eigenvalue weighted by atomic mass is 9.47. The molecule has 2 aromatic carbocycles. The summed E-state index contributed by atoms with van der Waals surface area (Å²) in [6, 6.07) is 7.01. The molecule has 0 saturated carbocycles. The molecule has 37 heavy (non-hydrogen) atoms. The molecule has 0 aliphatic carbocycles. The van der Waals surface area contributed by atoms with E-state index in [4.69, 9.17) is 51.1 Å². The number of amides is 4. The fraction of sp³-hybridized carbons (Fsp3) is 0.273. The minimum absolute atomic E-state index is 0.133. The lowest BCUT2D eigenvalue weighted by molar-refractivity contribution is -0.154. The van der Waals surface area contributed by atoms with Crippen LogP contribution < -0.4 is 0 Å². The van der Waals surface area contributed by atoms with Crippen molar-refractivity contribution >= 4 is 74.7 Å². The number of carbonyl (C=O) groups is 4. The van der Waals surface area contributed by atoms with Crippen LogP contribution in [0.4, 0.5) is 8.78 Å². The first-order chi connectivity index (χ1) is 17.2. The molecule has 4 rings (SSSR count). The molecular weight excluding hydrogens is 498 g/mol. The smallest absolute Gasteiger partial charge is 0.348 e. The molecule has 2 aromatic rings. The van der Waals surface area contributed by atoms with Gasteiger partial charge in [-0.3, -0.25) is 19.2 Å². The van der Waals surface area contributed by atoms with Crippen LogP contribution in [0.2, 0.25) is 10.2 Å². The van der Waals surface area contributed by atoms with Gasteiger partial charge in [-0.2, -0.15) is 8.78 Å². The summed E-state index contributed by atoms with van der Waals surface area (Å²) in [4.78, 5) is 51.8. The molecule has 2 atom stereocenters. The van der Waals surface area contributed by atoms with Gasteiger partial charge in [0, 0.05) is 35.1 Å². The van der Waals surface area contributed by atoms with E-state index in [0.717, 1.165) is 17.0 Å². The standard InChI is InChI=1S/C22H13B5ClF2N3O4/c23-17(33(27)20(37)22(29,30)12-2-4-13(28)5-3-12)10-1-6-14-11(7-10)9-31(18(14)35)16-19(36)32(26)15(34)8-21(16,24)25/h1-7,16-17H,8-9H2. The lowest BCUT2D eigenvalue weighted by Crippen LogP contribution is -2.60. The third kappa shape index (κ3) is 4.60. The number of fused-ring (bicyclic) bond motifs is 1. The molecule has 0 bridgehead atoms. The number of halogens is 3. The Labute approximate surface area is 222 Å². The highest BCUT2D eigenvalue weighted by molar-refractivity contribution is 6.45. The van der Waals surface area contributed by atoms with Gasteiger partial charge < -0.3 is 14.5 Å². The summed E-state index contributed by atoms with van der Waals surface area (Å²) in [6.45, 7) is -0.178. The topological polar surface area (TPSA) is 78.0 Å². The van der Waals surface area contributed by atoms with Crippen LogP contribution in [0.15, 0.2) is 42.5 Å². The van der Waals surface area contributed by atoms with Gasteiger partial charge in [-0.1, -0.05) is 41.1 Å². The maximum atomic E-state index is 14.8. The molecule has 176 valence electrons. The SMILES string of the molecule is [B]C(c1ccc2c(c1)CN(C1C(=O)N([B])C(=O)CC1([B])[B])C2=O)N([B])C(=O)C(F)(F)c1ccc(Cl)cc1. The van der Waals surface area contributed by atoms with Gasteiger partial charge in [0.1, 0.15) is 13.9 Å². The van der Waals surface area contributed by atoms with E-state index in [-0.39, 0.29) is 27.5 Å². The van der Waals surface area contributed by atoms with Crippen molar-refractivity contribution in [2.24, 2.45) is 0 Å². The molecule has 0 spiro atoms. The summed E-state index contributed by atoms with van der Waals surface area (Å²) in [5, 5.41) is -1.67. The van der Waals surface area contributed by atoms with E-state index in [9.17, 15) is 28.0 Å². The first kappa shape index (κ1) is 27.0. The van der Waals surface area contributed by atoms with Crippen LogP contribution in [-0.2, 0) is 26.9 Å². The predicted molar refractivity (Wildman–Crippen MR) is 133 cm³/mol. The average molecular weight is 511 g/mol. The predicted octanol–water partition coefficient (Wildman–Crippen LogP) is 0.831. The van der Waals surface area contributed by atoms with Gasteiger partial charge >= 0.3 is 5.92 Å². The average Bonchev–Trinajstić information content (AvgIpc) is 3.16. The maximum Gasteiger partial charge on any atom is 0.348 e. The maximum absolute atomic E-state index is 14.8. The lowest BCUT2D eigenvalue weighted by Gasteiger charge is -2.45. The Hall–Kier alpha value is -3.01.